The third-order valence-corrected chi connectivity index (χ3v) is 4.73. The van der Waals surface area contributed by atoms with Crippen molar-refractivity contribution in [3.8, 4) is 17.1 Å². The lowest BCUT2D eigenvalue weighted by Crippen LogP contribution is -2.41. The van der Waals surface area contributed by atoms with Crippen LogP contribution in [-0.4, -0.2) is 33.3 Å². The number of aryl methyl sites for hydroxylation is 1. The van der Waals surface area contributed by atoms with Crippen LogP contribution in [0.4, 0.5) is 4.79 Å². The largest absolute Gasteiger partial charge is 0.488 e. The number of hydrogen-bond acceptors (Lipinski definition) is 6. The average Bonchev–Trinajstić information content (AvgIpc) is 2.58. The Morgan fingerprint density at radius 2 is 1.80 bits per heavy atom. The number of pyridine rings is 1. The number of nitrogens with two attached hydrogens (primary N) is 1. The van der Waals surface area contributed by atoms with Crippen molar-refractivity contribution in [3.05, 3.63) is 35.4 Å². The fourth-order valence-electron chi connectivity index (χ4n) is 3.78. The molecule has 2 aromatic rings. The molecule has 2 N–H and O–H groups in total. The SMILES string of the molecule is Cc1nc(-c2ccnc(Cl)n2)ccc1OCC(C)(C[C@@H](C)CC(C)(C)C)OC(N)=O. The van der Waals surface area contributed by atoms with Crippen LogP contribution in [0.5, 0.6) is 5.75 Å². The maximum atomic E-state index is 11.5. The van der Waals surface area contributed by atoms with Crippen LogP contribution in [0.25, 0.3) is 11.4 Å². The van der Waals surface area contributed by atoms with Crippen molar-refractivity contribution in [2.75, 3.05) is 6.61 Å². The molecule has 2 rings (SSSR count). The molecule has 0 radical (unpaired) electrons. The van der Waals surface area contributed by atoms with Crippen LogP contribution >= 0.6 is 11.6 Å². The summed E-state index contributed by atoms with van der Waals surface area (Å²) < 4.78 is 11.4. The number of halogens is 1. The normalized spacial score (nSPS) is 14.6. The monoisotopic (exact) mass is 434 g/mol. The van der Waals surface area contributed by atoms with E-state index in [-0.39, 0.29) is 17.3 Å². The zero-order valence-electron chi connectivity index (χ0n) is 18.5. The van der Waals surface area contributed by atoms with Crippen LogP contribution in [0.2, 0.25) is 5.28 Å². The fourth-order valence-corrected chi connectivity index (χ4v) is 3.93. The van der Waals surface area contributed by atoms with E-state index in [1.165, 1.54) is 0 Å². The summed E-state index contributed by atoms with van der Waals surface area (Å²) in [5.74, 6) is 0.920. The van der Waals surface area contributed by atoms with E-state index in [1.54, 1.807) is 18.3 Å². The van der Waals surface area contributed by atoms with Crippen molar-refractivity contribution in [3.63, 3.8) is 0 Å². The average molecular weight is 435 g/mol. The molecule has 0 aliphatic carbocycles. The maximum absolute atomic E-state index is 11.5. The summed E-state index contributed by atoms with van der Waals surface area (Å²) in [6, 6.07) is 5.36. The van der Waals surface area contributed by atoms with E-state index in [0.717, 1.165) is 6.42 Å². The van der Waals surface area contributed by atoms with E-state index in [0.29, 0.717) is 35.2 Å². The highest BCUT2D eigenvalue weighted by molar-refractivity contribution is 6.28. The van der Waals surface area contributed by atoms with Gasteiger partial charge in [-0.25, -0.2) is 19.7 Å². The Morgan fingerprint density at radius 3 is 2.37 bits per heavy atom. The first-order valence-electron chi connectivity index (χ1n) is 9.95. The summed E-state index contributed by atoms with van der Waals surface area (Å²) >= 11 is 5.86. The van der Waals surface area contributed by atoms with Gasteiger partial charge in [-0.2, -0.15) is 0 Å². The molecule has 2 atom stereocenters. The van der Waals surface area contributed by atoms with Crippen molar-refractivity contribution in [1.82, 2.24) is 15.0 Å². The quantitative estimate of drug-likeness (QED) is 0.573. The highest BCUT2D eigenvalue weighted by Crippen LogP contribution is 2.32. The molecular formula is C22H31ClN4O3. The second-order valence-electron chi connectivity index (χ2n) is 9.22. The molecule has 30 heavy (non-hydrogen) atoms. The molecule has 8 heteroatoms. The summed E-state index contributed by atoms with van der Waals surface area (Å²) in [6.45, 7) is 12.6. The Hall–Kier alpha value is -2.41. The van der Waals surface area contributed by atoms with Crippen LogP contribution < -0.4 is 10.5 Å². The smallest absolute Gasteiger partial charge is 0.405 e. The Balaban J connectivity index is 2.13. The first kappa shape index (κ1) is 23.9. The van der Waals surface area contributed by atoms with Crippen LogP contribution in [0.1, 0.15) is 53.2 Å². The van der Waals surface area contributed by atoms with Crippen LogP contribution in [0.3, 0.4) is 0 Å². The number of primary amides is 1. The van der Waals surface area contributed by atoms with Crippen molar-refractivity contribution in [2.45, 2.75) is 60.0 Å². The minimum Gasteiger partial charge on any atom is -0.488 e. The lowest BCUT2D eigenvalue weighted by Gasteiger charge is -2.33. The molecule has 0 saturated carbocycles. The van der Waals surface area contributed by atoms with Gasteiger partial charge in [0, 0.05) is 6.20 Å². The zero-order chi connectivity index (χ0) is 22.5. The zero-order valence-corrected chi connectivity index (χ0v) is 19.3. The maximum Gasteiger partial charge on any atom is 0.405 e. The molecule has 164 valence electrons. The van der Waals surface area contributed by atoms with E-state index in [2.05, 4.69) is 42.6 Å². The van der Waals surface area contributed by atoms with Crippen LogP contribution in [-0.2, 0) is 4.74 Å². The predicted octanol–water partition coefficient (Wildman–Crippen LogP) is 5.20. The molecule has 1 amide bonds. The second kappa shape index (κ2) is 9.60. The summed E-state index contributed by atoms with van der Waals surface area (Å²) in [6.07, 6.45) is 2.39. The van der Waals surface area contributed by atoms with Gasteiger partial charge >= 0.3 is 6.09 Å². The van der Waals surface area contributed by atoms with E-state index in [4.69, 9.17) is 26.8 Å². The van der Waals surface area contributed by atoms with Gasteiger partial charge in [-0.15, -0.1) is 0 Å². The first-order valence-corrected chi connectivity index (χ1v) is 10.3. The number of rotatable bonds is 8. The van der Waals surface area contributed by atoms with Gasteiger partial charge in [-0.05, 0) is 67.8 Å². The summed E-state index contributed by atoms with van der Waals surface area (Å²) in [4.78, 5) is 24.1. The topological polar surface area (TPSA) is 100 Å². The Kier molecular flexibility index (Phi) is 7.64. The van der Waals surface area contributed by atoms with E-state index in [9.17, 15) is 4.79 Å². The Morgan fingerprint density at radius 1 is 1.13 bits per heavy atom. The highest BCUT2D eigenvalue weighted by atomic mass is 35.5. The molecule has 0 aromatic carbocycles. The molecular weight excluding hydrogens is 404 g/mol. The van der Waals surface area contributed by atoms with E-state index in [1.807, 2.05) is 19.9 Å². The van der Waals surface area contributed by atoms with Gasteiger partial charge in [0.25, 0.3) is 0 Å². The number of amides is 1. The number of hydrogen-bond donors (Lipinski definition) is 1. The molecule has 2 heterocycles. The van der Waals surface area contributed by atoms with Crippen LogP contribution in [0.15, 0.2) is 24.4 Å². The molecule has 0 bridgehead atoms. The van der Waals surface area contributed by atoms with E-state index >= 15 is 0 Å². The first-order chi connectivity index (χ1) is 13.9. The van der Waals surface area contributed by atoms with Crippen molar-refractivity contribution in [1.29, 1.82) is 0 Å². The lowest BCUT2D eigenvalue weighted by atomic mass is 9.81. The van der Waals surface area contributed by atoms with Crippen molar-refractivity contribution < 1.29 is 14.3 Å². The highest BCUT2D eigenvalue weighted by Gasteiger charge is 2.33. The molecule has 2 aromatic heterocycles. The van der Waals surface area contributed by atoms with Gasteiger partial charge < -0.3 is 15.2 Å². The number of carbonyl (C=O) groups excluding carboxylic acids is 1. The predicted molar refractivity (Wildman–Crippen MR) is 117 cm³/mol. The van der Waals surface area contributed by atoms with Gasteiger partial charge in [0.15, 0.2) is 0 Å². The number of nitrogens with zero attached hydrogens (tertiary/aromatic N) is 3. The third-order valence-electron chi connectivity index (χ3n) is 4.55. The van der Waals surface area contributed by atoms with Gasteiger partial charge in [0.05, 0.1) is 17.1 Å². The number of aromatic nitrogens is 3. The number of carbonyl (C=O) groups is 1. The summed E-state index contributed by atoms with van der Waals surface area (Å²) in [5.41, 5.74) is 6.63. The van der Waals surface area contributed by atoms with E-state index < -0.39 is 11.7 Å². The molecule has 0 saturated heterocycles. The fraction of sp³-hybridized carbons (Fsp3) is 0.545. The third kappa shape index (κ3) is 7.44. The molecule has 1 unspecified atom stereocenters. The minimum absolute atomic E-state index is 0.163. The lowest BCUT2D eigenvalue weighted by molar-refractivity contribution is -0.0232. The number of ether oxygens (including phenoxy) is 2. The summed E-state index contributed by atoms with van der Waals surface area (Å²) in [7, 11) is 0. The minimum atomic E-state index is -0.845. The standard InChI is InChI=1S/C22H31ClN4O3/c1-14(11-21(3,4)5)12-22(6,30-20(24)28)13-29-18-8-7-16(26-15(18)2)17-9-10-25-19(23)27-17/h7-10,14H,11-13H2,1-6H3,(H2,24,28)/t14-,22?/m0/s1. The molecule has 0 fully saturated rings. The Bertz CT molecular complexity index is 885. The van der Waals surface area contributed by atoms with Gasteiger partial charge in [-0.3, -0.25) is 0 Å². The van der Waals surface area contributed by atoms with Gasteiger partial charge in [0.1, 0.15) is 18.0 Å². The Labute approximate surface area is 183 Å². The molecule has 7 nitrogen and oxygen atoms in total. The second-order valence-corrected chi connectivity index (χ2v) is 9.56. The summed E-state index contributed by atoms with van der Waals surface area (Å²) in [5, 5.41) is 0.163. The van der Waals surface area contributed by atoms with Gasteiger partial charge in [-0.1, -0.05) is 27.7 Å². The van der Waals surface area contributed by atoms with Crippen molar-refractivity contribution in [2.24, 2.45) is 17.1 Å². The van der Waals surface area contributed by atoms with Gasteiger partial charge in [0.2, 0.25) is 5.28 Å². The molecule has 0 aliphatic heterocycles. The molecule has 0 aliphatic rings. The molecule has 0 spiro atoms. The van der Waals surface area contributed by atoms with Crippen LogP contribution in [0, 0.1) is 18.3 Å². The van der Waals surface area contributed by atoms with Crippen molar-refractivity contribution >= 4 is 17.7 Å².